The van der Waals surface area contributed by atoms with Gasteiger partial charge in [-0.3, -0.25) is 4.79 Å². The topological polar surface area (TPSA) is 35.5 Å². The van der Waals surface area contributed by atoms with Crippen LogP contribution in [-0.2, 0) is 22.4 Å². The molecule has 0 bridgehead atoms. The molecule has 0 aromatic heterocycles. The van der Waals surface area contributed by atoms with Crippen LogP contribution in [0.5, 0.6) is 5.75 Å². The van der Waals surface area contributed by atoms with E-state index in [1.54, 1.807) is 6.92 Å². The Balaban J connectivity index is 2.73. The quantitative estimate of drug-likeness (QED) is 0.728. The smallest absolute Gasteiger partial charge is 0.311 e. The third kappa shape index (κ3) is 3.76. The van der Waals surface area contributed by atoms with E-state index in [0.29, 0.717) is 6.61 Å². The van der Waals surface area contributed by atoms with Gasteiger partial charge in [-0.25, -0.2) is 0 Å². The highest BCUT2D eigenvalue weighted by molar-refractivity contribution is 5.71. The lowest BCUT2D eigenvalue weighted by Crippen LogP contribution is -2.20. The summed E-state index contributed by atoms with van der Waals surface area (Å²) in [6.45, 7) is 6.37. The van der Waals surface area contributed by atoms with Crippen molar-refractivity contribution in [2.75, 3.05) is 13.7 Å². The molecular weight excluding hydrogens is 228 g/mol. The van der Waals surface area contributed by atoms with Gasteiger partial charge in [-0.2, -0.15) is 0 Å². The number of ether oxygens (including phenoxy) is 2. The normalized spacial score (nSPS) is 12.0. The molecule has 0 aliphatic carbocycles. The van der Waals surface area contributed by atoms with Gasteiger partial charge in [-0.05, 0) is 37.0 Å². The fourth-order valence-electron chi connectivity index (χ4n) is 1.73. The van der Waals surface area contributed by atoms with E-state index in [0.717, 1.165) is 18.6 Å². The maximum absolute atomic E-state index is 11.3. The predicted molar refractivity (Wildman–Crippen MR) is 71.9 cm³/mol. The molecule has 1 rings (SSSR count). The van der Waals surface area contributed by atoms with Crippen LogP contribution in [0.4, 0.5) is 0 Å². The van der Waals surface area contributed by atoms with E-state index in [9.17, 15) is 4.79 Å². The van der Waals surface area contributed by atoms with Crippen molar-refractivity contribution in [2.24, 2.45) is 5.92 Å². The third-order valence-electron chi connectivity index (χ3n) is 3.01. The molecule has 0 aliphatic rings. The SMILES string of the molecule is CCc1ccc(CC)c(OCC(C)C(=O)OC)c1. The Kier molecular flexibility index (Phi) is 5.69. The molecule has 1 aromatic rings. The van der Waals surface area contributed by atoms with Crippen molar-refractivity contribution in [3.8, 4) is 5.75 Å². The molecule has 0 saturated heterocycles. The summed E-state index contributed by atoms with van der Waals surface area (Å²) in [6.07, 6.45) is 1.90. The number of carbonyl (C=O) groups is 1. The third-order valence-corrected chi connectivity index (χ3v) is 3.01. The second-order valence-electron chi connectivity index (χ2n) is 4.38. The van der Waals surface area contributed by atoms with Gasteiger partial charge in [-0.1, -0.05) is 26.0 Å². The van der Waals surface area contributed by atoms with Gasteiger partial charge >= 0.3 is 5.97 Å². The van der Waals surface area contributed by atoms with Crippen LogP contribution in [0.1, 0.15) is 31.9 Å². The summed E-state index contributed by atoms with van der Waals surface area (Å²) in [6, 6.07) is 6.27. The number of rotatable bonds is 6. The highest BCUT2D eigenvalue weighted by Gasteiger charge is 2.14. The first kappa shape index (κ1) is 14.6. The number of methoxy groups -OCH3 is 1. The zero-order valence-corrected chi connectivity index (χ0v) is 11.7. The molecule has 3 nitrogen and oxygen atoms in total. The van der Waals surface area contributed by atoms with E-state index in [1.165, 1.54) is 18.2 Å². The lowest BCUT2D eigenvalue weighted by atomic mass is 10.1. The van der Waals surface area contributed by atoms with Gasteiger partial charge in [0.15, 0.2) is 0 Å². The van der Waals surface area contributed by atoms with E-state index < -0.39 is 0 Å². The van der Waals surface area contributed by atoms with E-state index in [4.69, 9.17) is 4.74 Å². The maximum atomic E-state index is 11.3. The minimum atomic E-state index is -0.245. The largest absolute Gasteiger partial charge is 0.492 e. The Morgan fingerprint density at radius 3 is 2.56 bits per heavy atom. The summed E-state index contributed by atoms with van der Waals surface area (Å²) in [7, 11) is 1.40. The molecule has 3 heteroatoms. The highest BCUT2D eigenvalue weighted by Crippen LogP contribution is 2.22. The van der Waals surface area contributed by atoms with Gasteiger partial charge in [0.25, 0.3) is 0 Å². The van der Waals surface area contributed by atoms with Crippen LogP contribution >= 0.6 is 0 Å². The zero-order chi connectivity index (χ0) is 13.5. The number of benzene rings is 1. The van der Waals surface area contributed by atoms with E-state index in [-0.39, 0.29) is 11.9 Å². The summed E-state index contributed by atoms with van der Waals surface area (Å²) in [5.41, 5.74) is 2.41. The minimum Gasteiger partial charge on any atom is -0.492 e. The second kappa shape index (κ2) is 7.04. The van der Waals surface area contributed by atoms with Crippen molar-refractivity contribution in [1.82, 2.24) is 0 Å². The van der Waals surface area contributed by atoms with Gasteiger partial charge in [0, 0.05) is 0 Å². The van der Waals surface area contributed by atoms with Crippen molar-refractivity contribution in [3.63, 3.8) is 0 Å². The summed E-state index contributed by atoms with van der Waals surface area (Å²) in [4.78, 5) is 11.3. The lowest BCUT2D eigenvalue weighted by Gasteiger charge is -2.14. The first-order chi connectivity index (χ1) is 8.62. The molecule has 0 fully saturated rings. The molecular formula is C15H22O3. The number of carbonyl (C=O) groups excluding carboxylic acids is 1. The average molecular weight is 250 g/mol. The molecule has 0 aliphatic heterocycles. The highest BCUT2D eigenvalue weighted by atomic mass is 16.5. The fraction of sp³-hybridized carbons (Fsp3) is 0.533. The lowest BCUT2D eigenvalue weighted by molar-refractivity contribution is -0.145. The Hall–Kier alpha value is -1.51. The van der Waals surface area contributed by atoms with Crippen LogP contribution in [0.2, 0.25) is 0 Å². The monoisotopic (exact) mass is 250 g/mol. The summed E-state index contributed by atoms with van der Waals surface area (Å²) >= 11 is 0. The molecule has 0 N–H and O–H groups in total. The van der Waals surface area contributed by atoms with Gasteiger partial charge in [-0.15, -0.1) is 0 Å². The molecule has 0 saturated carbocycles. The van der Waals surface area contributed by atoms with Crippen molar-refractivity contribution < 1.29 is 14.3 Å². The molecule has 0 amide bonds. The molecule has 0 heterocycles. The molecule has 1 unspecified atom stereocenters. The number of aryl methyl sites for hydroxylation is 2. The number of esters is 1. The number of hydrogen-bond donors (Lipinski definition) is 0. The molecule has 1 aromatic carbocycles. The van der Waals surface area contributed by atoms with Crippen LogP contribution in [0.15, 0.2) is 18.2 Å². The minimum absolute atomic E-state index is 0.236. The molecule has 0 spiro atoms. The van der Waals surface area contributed by atoms with E-state index in [1.807, 2.05) is 0 Å². The second-order valence-corrected chi connectivity index (χ2v) is 4.38. The Labute approximate surface area is 109 Å². The first-order valence-corrected chi connectivity index (χ1v) is 6.44. The van der Waals surface area contributed by atoms with Gasteiger partial charge in [0.1, 0.15) is 12.4 Å². The first-order valence-electron chi connectivity index (χ1n) is 6.44. The molecule has 1 atom stereocenters. The fourth-order valence-corrected chi connectivity index (χ4v) is 1.73. The van der Waals surface area contributed by atoms with Crippen molar-refractivity contribution in [1.29, 1.82) is 0 Å². The van der Waals surface area contributed by atoms with Crippen LogP contribution in [0.3, 0.4) is 0 Å². The summed E-state index contributed by atoms with van der Waals surface area (Å²) < 4.78 is 10.4. The van der Waals surface area contributed by atoms with E-state index in [2.05, 4.69) is 36.8 Å². The zero-order valence-electron chi connectivity index (χ0n) is 11.7. The summed E-state index contributed by atoms with van der Waals surface area (Å²) in [5.74, 6) is 0.400. The molecule has 18 heavy (non-hydrogen) atoms. The molecule has 0 radical (unpaired) electrons. The standard InChI is InChI=1S/C15H22O3/c1-5-12-7-8-13(6-2)14(9-12)18-10-11(3)15(16)17-4/h7-9,11H,5-6,10H2,1-4H3. The predicted octanol–water partition coefficient (Wildman–Crippen LogP) is 3.00. The van der Waals surface area contributed by atoms with Crippen molar-refractivity contribution >= 4 is 5.97 Å². The van der Waals surface area contributed by atoms with Crippen LogP contribution in [0.25, 0.3) is 0 Å². The van der Waals surface area contributed by atoms with Crippen molar-refractivity contribution in [2.45, 2.75) is 33.6 Å². The maximum Gasteiger partial charge on any atom is 0.311 e. The van der Waals surface area contributed by atoms with Gasteiger partial charge < -0.3 is 9.47 Å². The van der Waals surface area contributed by atoms with Crippen molar-refractivity contribution in [3.05, 3.63) is 29.3 Å². The average Bonchev–Trinajstić information content (AvgIpc) is 2.43. The Morgan fingerprint density at radius 1 is 1.28 bits per heavy atom. The Bertz CT molecular complexity index is 399. The molecule has 100 valence electrons. The van der Waals surface area contributed by atoms with E-state index >= 15 is 0 Å². The van der Waals surface area contributed by atoms with Crippen LogP contribution in [0, 0.1) is 5.92 Å². The van der Waals surface area contributed by atoms with Crippen LogP contribution < -0.4 is 4.74 Å². The van der Waals surface area contributed by atoms with Gasteiger partial charge in [0.05, 0.1) is 13.0 Å². The Morgan fingerprint density at radius 2 is 2.00 bits per heavy atom. The van der Waals surface area contributed by atoms with Gasteiger partial charge in [0.2, 0.25) is 0 Å². The van der Waals surface area contributed by atoms with Crippen LogP contribution in [-0.4, -0.2) is 19.7 Å². The number of hydrogen-bond acceptors (Lipinski definition) is 3. The summed E-state index contributed by atoms with van der Waals surface area (Å²) in [5, 5.41) is 0.